The van der Waals surface area contributed by atoms with Crippen molar-refractivity contribution in [3.63, 3.8) is 0 Å². The van der Waals surface area contributed by atoms with Crippen molar-refractivity contribution in [2.75, 3.05) is 19.8 Å². The molecule has 0 saturated heterocycles. The molecule has 1 aromatic rings. The van der Waals surface area contributed by atoms with Crippen molar-refractivity contribution in [1.29, 1.82) is 0 Å². The highest BCUT2D eigenvalue weighted by Crippen LogP contribution is 2.33. The summed E-state index contributed by atoms with van der Waals surface area (Å²) in [6, 6.07) is 5.11. The van der Waals surface area contributed by atoms with Crippen LogP contribution in [0.1, 0.15) is 12.0 Å². The number of fused-ring (bicyclic) bond motifs is 1. The first-order valence-corrected chi connectivity index (χ1v) is 6.25. The molecule has 0 unspecified atom stereocenters. The average Bonchev–Trinajstić information content (AvgIpc) is 2.64. The van der Waals surface area contributed by atoms with Gasteiger partial charge in [0.2, 0.25) is 0 Å². The van der Waals surface area contributed by atoms with E-state index < -0.39 is 18.9 Å². The Kier molecular flexibility index (Phi) is 4.69. The lowest BCUT2D eigenvalue weighted by Crippen LogP contribution is -2.38. The molecule has 0 bridgehead atoms. The van der Waals surface area contributed by atoms with E-state index in [1.165, 1.54) is 0 Å². The molecule has 0 aromatic heterocycles. The molecule has 112 valence electrons. The number of hydrogen-bond donors (Lipinski definition) is 1. The van der Waals surface area contributed by atoms with Gasteiger partial charge in [-0.15, -0.1) is 0 Å². The standard InChI is InChI=1S/C13H15F4NO2/c14-12(15)13(16,17)8-18-7-9-3-1-4-10-11(9)20-6-2-5-19-10/h1,3-4,12,18H,2,5-8H2. The van der Waals surface area contributed by atoms with Gasteiger partial charge in [-0.05, 0) is 6.07 Å². The van der Waals surface area contributed by atoms with Gasteiger partial charge in [-0.25, -0.2) is 8.78 Å². The third-order valence-corrected chi connectivity index (χ3v) is 2.85. The number of halogens is 4. The second-order valence-electron chi connectivity index (χ2n) is 4.46. The zero-order valence-electron chi connectivity index (χ0n) is 10.7. The minimum atomic E-state index is -4.04. The Morgan fingerprint density at radius 1 is 1.20 bits per heavy atom. The lowest BCUT2D eigenvalue weighted by Gasteiger charge is -2.17. The smallest absolute Gasteiger partial charge is 0.319 e. The maximum Gasteiger partial charge on any atom is 0.319 e. The molecule has 0 amide bonds. The summed E-state index contributed by atoms with van der Waals surface area (Å²) in [5.41, 5.74) is 0.606. The molecule has 20 heavy (non-hydrogen) atoms. The van der Waals surface area contributed by atoms with Gasteiger partial charge in [-0.2, -0.15) is 8.78 Å². The van der Waals surface area contributed by atoms with Crippen LogP contribution in [0.15, 0.2) is 18.2 Å². The SMILES string of the molecule is FC(F)C(F)(F)CNCc1cccc2c1OCCCO2. The van der Waals surface area contributed by atoms with Crippen LogP contribution in [0.2, 0.25) is 0 Å². The maximum atomic E-state index is 12.8. The highest BCUT2D eigenvalue weighted by atomic mass is 19.3. The molecule has 0 saturated carbocycles. The first kappa shape index (κ1) is 14.9. The summed E-state index contributed by atoms with van der Waals surface area (Å²) in [4.78, 5) is 0. The fourth-order valence-electron chi connectivity index (χ4n) is 1.83. The Hall–Kier alpha value is -1.50. The molecule has 0 radical (unpaired) electrons. The topological polar surface area (TPSA) is 30.5 Å². The van der Waals surface area contributed by atoms with Crippen molar-refractivity contribution in [1.82, 2.24) is 5.32 Å². The number of alkyl halides is 4. The molecule has 7 heteroatoms. The minimum Gasteiger partial charge on any atom is -0.490 e. The van der Waals surface area contributed by atoms with Crippen LogP contribution < -0.4 is 14.8 Å². The predicted octanol–water partition coefficient (Wildman–Crippen LogP) is 2.84. The summed E-state index contributed by atoms with van der Waals surface area (Å²) in [5.74, 6) is -3.01. The molecular weight excluding hydrogens is 278 g/mol. The van der Waals surface area contributed by atoms with Gasteiger partial charge < -0.3 is 14.8 Å². The monoisotopic (exact) mass is 293 g/mol. The third-order valence-electron chi connectivity index (χ3n) is 2.85. The van der Waals surface area contributed by atoms with Crippen LogP contribution in [0.3, 0.4) is 0 Å². The van der Waals surface area contributed by atoms with E-state index in [1.807, 2.05) is 0 Å². The van der Waals surface area contributed by atoms with Gasteiger partial charge in [-0.3, -0.25) is 0 Å². The Bertz CT molecular complexity index is 454. The summed E-state index contributed by atoms with van der Waals surface area (Å²) < 4.78 is 60.6. The van der Waals surface area contributed by atoms with E-state index in [0.717, 1.165) is 6.42 Å². The van der Waals surface area contributed by atoms with E-state index in [4.69, 9.17) is 9.47 Å². The quantitative estimate of drug-likeness (QED) is 0.847. The molecule has 2 rings (SSSR count). The first-order valence-electron chi connectivity index (χ1n) is 6.25. The molecule has 3 nitrogen and oxygen atoms in total. The van der Waals surface area contributed by atoms with Crippen LogP contribution in [0.4, 0.5) is 17.6 Å². The molecular formula is C13H15F4NO2. The summed E-state index contributed by atoms with van der Waals surface area (Å²) in [6.45, 7) is -0.0887. The molecule has 0 fully saturated rings. The number of benzene rings is 1. The van der Waals surface area contributed by atoms with Crippen LogP contribution in [-0.4, -0.2) is 32.1 Å². The fourth-order valence-corrected chi connectivity index (χ4v) is 1.83. The highest BCUT2D eigenvalue weighted by Gasteiger charge is 2.40. The van der Waals surface area contributed by atoms with Crippen molar-refractivity contribution in [3.05, 3.63) is 23.8 Å². The Labute approximate surface area is 113 Å². The summed E-state index contributed by atoms with van der Waals surface area (Å²) in [5, 5.41) is 2.33. The van der Waals surface area contributed by atoms with Crippen LogP contribution in [0, 0.1) is 0 Å². The van der Waals surface area contributed by atoms with Gasteiger partial charge in [0.05, 0.1) is 19.8 Å². The van der Waals surface area contributed by atoms with Gasteiger partial charge >= 0.3 is 12.3 Å². The second-order valence-corrected chi connectivity index (χ2v) is 4.46. The predicted molar refractivity (Wildman–Crippen MR) is 64.7 cm³/mol. The average molecular weight is 293 g/mol. The molecule has 1 N–H and O–H groups in total. The van der Waals surface area contributed by atoms with E-state index in [1.54, 1.807) is 18.2 Å². The van der Waals surface area contributed by atoms with Gasteiger partial charge in [-0.1, -0.05) is 12.1 Å². The molecule has 0 atom stereocenters. The van der Waals surface area contributed by atoms with Crippen molar-refractivity contribution < 1.29 is 27.0 Å². The Balaban J connectivity index is 2.00. The minimum absolute atomic E-state index is 0.00877. The van der Waals surface area contributed by atoms with Crippen LogP contribution in [0.5, 0.6) is 11.5 Å². The van der Waals surface area contributed by atoms with Gasteiger partial charge in [0.25, 0.3) is 0 Å². The molecule has 1 aromatic carbocycles. The molecule has 1 heterocycles. The van der Waals surface area contributed by atoms with Crippen molar-refractivity contribution in [2.24, 2.45) is 0 Å². The largest absolute Gasteiger partial charge is 0.490 e. The Morgan fingerprint density at radius 3 is 2.70 bits per heavy atom. The van der Waals surface area contributed by atoms with Gasteiger partial charge in [0, 0.05) is 18.5 Å². The van der Waals surface area contributed by atoms with E-state index in [2.05, 4.69) is 5.32 Å². The molecule has 1 aliphatic heterocycles. The normalized spacial score (nSPS) is 15.2. The number of para-hydroxylation sites is 1. The number of nitrogens with one attached hydrogen (secondary N) is 1. The third kappa shape index (κ3) is 3.53. The second kappa shape index (κ2) is 6.30. The lowest BCUT2D eigenvalue weighted by molar-refractivity contribution is -0.125. The first-order chi connectivity index (χ1) is 9.50. The van der Waals surface area contributed by atoms with E-state index >= 15 is 0 Å². The van der Waals surface area contributed by atoms with Crippen molar-refractivity contribution in [2.45, 2.75) is 25.3 Å². The summed E-state index contributed by atoms with van der Waals surface area (Å²) in [7, 11) is 0. The fraction of sp³-hybridized carbons (Fsp3) is 0.538. The van der Waals surface area contributed by atoms with Gasteiger partial charge in [0.1, 0.15) is 0 Å². The van der Waals surface area contributed by atoms with Gasteiger partial charge in [0.15, 0.2) is 11.5 Å². The van der Waals surface area contributed by atoms with E-state index in [0.29, 0.717) is 30.3 Å². The van der Waals surface area contributed by atoms with Crippen molar-refractivity contribution in [3.8, 4) is 11.5 Å². The van der Waals surface area contributed by atoms with Crippen LogP contribution in [0.25, 0.3) is 0 Å². The highest BCUT2D eigenvalue weighted by molar-refractivity contribution is 5.47. The maximum absolute atomic E-state index is 12.8. The Morgan fingerprint density at radius 2 is 1.95 bits per heavy atom. The number of rotatable bonds is 5. The summed E-state index contributed by atoms with van der Waals surface area (Å²) in [6.07, 6.45) is -2.95. The van der Waals surface area contributed by atoms with Crippen LogP contribution in [-0.2, 0) is 6.54 Å². The summed E-state index contributed by atoms with van der Waals surface area (Å²) >= 11 is 0. The zero-order valence-corrected chi connectivity index (χ0v) is 10.7. The molecule has 0 aliphatic carbocycles. The zero-order chi connectivity index (χ0) is 14.6. The number of ether oxygens (including phenoxy) is 2. The van der Waals surface area contributed by atoms with E-state index in [9.17, 15) is 17.6 Å². The molecule has 0 spiro atoms. The lowest BCUT2D eigenvalue weighted by atomic mass is 10.2. The van der Waals surface area contributed by atoms with Crippen molar-refractivity contribution >= 4 is 0 Å². The number of hydrogen-bond acceptors (Lipinski definition) is 3. The molecule has 1 aliphatic rings. The van der Waals surface area contributed by atoms with E-state index in [-0.39, 0.29) is 6.54 Å². The van der Waals surface area contributed by atoms with Crippen LogP contribution >= 0.6 is 0 Å².